The molecule has 0 saturated carbocycles. The number of rotatable bonds is 6. The molecule has 0 radical (unpaired) electrons. The number of carbonyl (C=O) groups is 2. The van der Waals surface area contributed by atoms with E-state index in [0.717, 1.165) is 23.5 Å². The van der Waals surface area contributed by atoms with Gasteiger partial charge in [-0.2, -0.15) is 0 Å². The largest absolute Gasteiger partial charge is 0.356 e. The van der Waals surface area contributed by atoms with Gasteiger partial charge in [-0.1, -0.05) is 24.3 Å². The third kappa shape index (κ3) is 4.00. The number of benzene rings is 1. The molecule has 0 bridgehead atoms. The highest BCUT2D eigenvalue weighted by Gasteiger charge is 2.40. The highest BCUT2D eigenvalue weighted by Crippen LogP contribution is 2.31. The molecule has 1 aromatic heterocycles. The van der Waals surface area contributed by atoms with Gasteiger partial charge in [0.05, 0.1) is 6.04 Å². The Hall–Kier alpha value is -2.74. The summed E-state index contributed by atoms with van der Waals surface area (Å²) in [7, 11) is 1.71. The number of amides is 2. The maximum absolute atomic E-state index is 12.8. The highest BCUT2D eigenvalue weighted by molar-refractivity contribution is 5.86. The molecule has 0 spiro atoms. The first-order chi connectivity index (χ1) is 13.0. The van der Waals surface area contributed by atoms with Crippen LogP contribution in [0.1, 0.15) is 29.9 Å². The van der Waals surface area contributed by atoms with Crippen molar-refractivity contribution in [3.8, 4) is 0 Å². The number of ether oxygens (including phenoxy) is 1. The van der Waals surface area contributed by atoms with Crippen LogP contribution in [0.5, 0.6) is 0 Å². The third-order valence-corrected chi connectivity index (χ3v) is 4.93. The van der Waals surface area contributed by atoms with E-state index in [1.807, 2.05) is 42.7 Å². The SMILES string of the molecule is CCn1cnnc1CCNC(=O)[C@H]1OCC(=O)N(C)[C@@H]1c1ccccc1C. The Labute approximate surface area is 158 Å². The molecule has 0 aliphatic carbocycles. The minimum Gasteiger partial charge on any atom is -0.356 e. The maximum atomic E-state index is 12.8. The molecule has 1 N–H and O–H groups in total. The van der Waals surface area contributed by atoms with Crippen molar-refractivity contribution in [2.75, 3.05) is 20.2 Å². The minimum absolute atomic E-state index is 0.0961. The molecular formula is C19H25N5O3. The van der Waals surface area contributed by atoms with Gasteiger partial charge in [0.1, 0.15) is 18.8 Å². The number of likely N-dealkylation sites (N-methyl/N-ethyl adjacent to an activating group) is 1. The zero-order valence-corrected chi connectivity index (χ0v) is 15.9. The highest BCUT2D eigenvalue weighted by atomic mass is 16.5. The summed E-state index contributed by atoms with van der Waals surface area (Å²) in [6.07, 6.45) is 1.50. The van der Waals surface area contributed by atoms with Crippen LogP contribution < -0.4 is 5.32 Å². The summed E-state index contributed by atoms with van der Waals surface area (Å²) in [5, 5.41) is 10.9. The molecule has 144 valence electrons. The molecule has 3 rings (SSSR count). The lowest BCUT2D eigenvalue weighted by Gasteiger charge is -2.38. The van der Waals surface area contributed by atoms with Gasteiger partial charge in [-0.15, -0.1) is 10.2 Å². The van der Waals surface area contributed by atoms with Crippen LogP contribution in [0.15, 0.2) is 30.6 Å². The van der Waals surface area contributed by atoms with Crippen LogP contribution in [0.4, 0.5) is 0 Å². The number of carbonyl (C=O) groups excluding carboxylic acids is 2. The molecule has 2 aromatic rings. The molecule has 1 aromatic carbocycles. The fourth-order valence-corrected chi connectivity index (χ4v) is 3.36. The lowest BCUT2D eigenvalue weighted by molar-refractivity contribution is -0.162. The first kappa shape index (κ1) is 19.0. The average Bonchev–Trinajstić information content (AvgIpc) is 3.12. The van der Waals surface area contributed by atoms with Crippen molar-refractivity contribution in [3.05, 3.63) is 47.5 Å². The van der Waals surface area contributed by atoms with E-state index < -0.39 is 12.1 Å². The van der Waals surface area contributed by atoms with E-state index in [0.29, 0.717) is 13.0 Å². The lowest BCUT2D eigenvalue weighted by Crippen LogP contribution is -2.53. The number of nitrogens with one attached hydrogen (secondary N) is 1. The van der Waals surface area contributed by atoms with Crippen molar-refractivity contribution in [2.45, 2.75) is 39.0 Å². The Morgan fingerprint density at radius 1 is 1.37 bits per heavy atom. The maximum Gasteiger partial charge on any atom is 0.251 e. The summed E-state index contributed by atoms with van der Waals surface area (Å²) in [5.41, 5.74) is 1.93. The van der Waals surface area contributed by atoms with Crippen LogP contribution in [0, 0.1) is 6.92 Å². The summed E-state index contributed by atoms with van der Waals surface area (Å²) >= 11 is 0. The van der Waals surface area contributed by atoms with Gasteiger partial charge >= 0.3 is 0 Å². The monoisotopic (exact) mass is 371 g/mol. The number of aryl methyl sites for hydroxylation is 2. The number of hydrogen-bond donors (Lipinski definition) is 1. The van der Waals surface area contributed by atoms with Gasteiger partial charge in [0.2, 0.25) is 5.91 Å². The number of hydrogen-bond acceptors (Lipinski definition) is 5. The predicted octanol–water partition coefficient (Wildman–Crippen LogP) is 0.864. The second-order valence-electron chi connectivity index (χ2n) is 6.61. The topological polar surface area (TPSA) is 89.4 Å². The standard InChI is InChI=1S/C19H25N5O3/c1-4-24-12-21-22-15(24)9-10-20-19(26)18-17(23(3)16(25)11-27-18)14-8-6-5-7-13(14)2/h5-8,12,17-18H,4,9-11H2,1-3H3,(H,20,26)/t17-,18+/m1/s1. The van der Waals surface area contributed by atoms with Crippen LogP contribution in [0.25, 0.3) is 0 Å². The van der Waals surface area contributed by atoms with Crippen molar-refractivity contribution >= 4 is 11.8 Å². The third-order valence-electron chi connectivity index (χ3n) is 4.93. The Morgan fingerprint density at radius 2 is 2.15 bits per heavy atom. The van der Waals surface area contributed by atoms with Crippen molar-refractivity contribution in [3.63, 3.8) is 0 Å². The lowest BCUT2D eigenvalue weighted by atomic mass is 9.94. The van der Waals surface area contributed by atoms with E-state index in [4.69, 9.17) is 4.74 Å². The number of aromatic nitrogens is 3. The first-order valence-corrected chi connectivity index (χ1v) is 9.10. The molecule has 2 amide bonds. The van der Waals surface area contributed by atoms with E-state index in [9.17, 15) is 9.59 Å². The fourth-order valence-electron chi connectivity index (χ4n) is 3.36. The summed E-state index contributed by atoms with van der Waals surface area (Å²) in [4.78, 5) is 26.6. The molecule has 1 saturated heterocycles. The molecule has 1 aliphatic heterocycles. The summed E-state index contributed by atoms with van der Waals surface area (Å²) in [5.74, 6) is 0.457. The van der Waals surface area contributed by atoms with Crippen molar-refractivity contribution in [1.82, 2.24) is 25.0 Å². The van der Waals surface area contributed by atoms with Gasteiger partial charge in [-0.25, -0.2) is 0 Å². The van der Waals surface area contributed by atoms with Crippen LogP contribution in [0.3, 0.4) is 0 Å². The molecule has 1 fully saturated rings. The van der Waals surface area contributed by atoms with Crippen LogP contribution in [-0.4, -0.2) is 57.8 Å². The van der Waals surface area contributed by atoms with E-state index in [1.54, 1.807) is 18.3 Å². The molecule has 2 atom stereocenters. The van der Waals surface area contributed by atoms with Gasteiger partial charge in [0, 0.05) is 26.6 Å². The average molecular weight is 371 g/mol. The van der Waals surface area contributed by atoms with Crippen molar-refractivity contribution in [2.24, 2.45) is 0 Å². The minimum atomic E-state index is -0.752. The Kier molecular flexibility index (Phi) is 5.85. The van der Waals surface area contributed by atoms with Crippen LogP contribution >= 0.6 is 0 Å². The van der Waals surface area contributed by atoms with E-state index in [-0.39, 0.29) is 18.4 Å². The van der Waals surface area contributed by atoms with Crippen LogP contribution in [0.2, 0.25) is 0 Å². The molecular weight excluding hydrogens is 346 g/mol. The van der Waals surface area contributed by atoms with Gasteiger partial charge in [-0.3, -0.25) is 9.59 Å². The van der Waals surface area contributed by atoms with E-state index >= 15 is 0 Å². The predicted molar refractivity (Wildman–Crippen MR) is 98.8 cm³/mol. The summed E-state index contributed by atoms with van der Waals surface area (Å²) in [6, 6.07) is 7.29. The fraction of sp³-hybridized carbons (Fsp3) is 0.474. The molecule has 27 heavy (non-hydrogen) atoms. The van der Waals surface area contributed by atoms with Crippen LogP contribution in [-0.2, 0) is 27.3 Å². The second-order valence-corrected chi connectivity index (χ2v) is 6.61. The second kappa shape index (κ2) is 8.30. The normalized spacial score (nSPS) is 20.0. The molecule has 2 heterocycles. The molecule has 8 heteroatoms. The zero-order chi connectivity index (χ0) is 19.4. The van der Waals surface area contributed by atoms with E-state index in [2.05, 4.69) is 15.5 Å². The summed E-state index contributed by atoms with van der Waals surface area (Å²) < 4.78 is 7.58. The van der Waals surface area contributed by atoms with E-state index in [1.165, 1.54) is 0 Å². The van der Waals surface area contributed by atoms with Gasteiger partial charge in [0.15, 0.2) is 6.10 Å². The summed E-state index contributed by atoms with van der Waals surface area (Å²) in [6.45, 7) is 5.09. The number of nitrogens with zero attached hydrogens (tertiary/aromatic N) is 4. The first-order valence-electron chi connectivity index (χ1n) is 9.10. The zero-order valence-electron chi connectivity index (χ0n) is 15.9. The molecule has 8 nitrogen and oxygen atoms in total. The smallest absolute Gasteiger partial charge is 0.251 e. The van der Waals surface area contributed by atoms with Gasteiger partial charge < -0.3 is 19.5 Å². The Morgan fingerprint density at radius 3 is 2.89 bits per heavy atom. The van der Waals surface area contributed by atoms with Gasteiger partial charge in [-0.05, 0) is 25.0 Å². The van der Waals surface area contributed by atoms with Crippen molar-refractivity contribution in [1.29, 1.82) is 0 Å². The molecule has 0 unspecified atom stereocenters. The number of morpholine rings is 1. The molecule has 1 aliphatic rings. The van der Waals surface area contributed by atoms with Gasteiger partial charge in [0.25, 0.3) is 5.91 Å². The Balaban J connectivity index is 1.71. The quantitative estimate of drug-likeness (QED) is 0.814. The Bertz CT molecular complexity index is 819. The van der Waals surface area contributed by atoms with Crippen molar-refractivity contribution < 1.29 is 14.3 Å².